The van der Waals surface area contributed by atoms with Crippen molar-refractivity contribution >= 4 is 21.9 Å². The van der Waals surface area contributed by atoms with Crippen LogP contribution < -0.4 is 10.0 Å². The van der Waals surface area contributed by atoms with Crippen LogP contribution in [0.15, 0.2) is 23.1 Å². The van der Waals surface area contributed by atoms with Gasteiger partial charge in [0.15, 0.2) is 0 Å². The highest BCUT2D eigenvalue weighted by Gasteiger charge is 2.26. The van der Waals surface area contributed by atoms with Crippen molar-refractivity contribution in [1.29, 1.82) is 0 Å². The third kappa shape index (κ3) is 5.04. The van der Waals surface area contributed by atoms with Gasteiger partial charge in [-0.25, -0.2) is 13.1 Å². The van der Waals surface area contributed by atoms with Gasteiger partial charge in [0.2, 0.25) is 10.0 Å². The van der Waals surface area contributed by atoms with Crippen LogP contribution in [0.4, 0.5) is 0 Å². The fraction of sp³-hybridized carbons (Fsp3) is 0.500. The third-order valence-corrected chi connectivity index (χ3v) is 5.26. The molecule has 0 spiro atoms. The molecule has 3 N–H and O–H groups in total. The summed E-state index contributed by atoms with van der Waals surface area (Å²) in [5, 5.41) is 11.7. The molecule has 0 heterocycles. The Labute approximate surface area is 142 Å². The standard InChI is InChI=1S/C16H24N2O5S/c1-5-18-24(22,23)12-7-6-11(2)13(10-12)14(19)17-9-8-16(3,4)15(20)21/h6-7,10,18H,5,8-9H2,1-4H3,(H,17,19)(H,20,21). The number of sulfonamides is 1. The summed E-state index contributed by atoms with van der Waals surface area (Å²) in [7, 11) is -3.65. The lowest BCUT2D eigenvalue weighted by Crippen LogP contribution is -2.32. The summed E-state index contributed by atoms with van der Waals surface area (Å²) >= 11 is 0. The van der Waals surface area contributed by atoms with Gasteiger partial charge in [-0.05, 0) is 44.9 Å². The van der Waals surface area contributed by atoms with Gasteiger partial charge >= 0.3 is 5.97 Å². The van der Waals surface area contributed by atoms with Crippen LogP contribution in [-0.4, -0.2) is 38.5 Å². The average Bonchev–Trinajstić information content (AvgIpc) is 2.46. The molecule has 0 unspecified atom stereocenters. The topological polar surface area (TPSA) is 113 Å². The van der Waals surface area contributed by atoms with Crippen molar-refractivity contribution in [3.63, 3.8) is 0 Å². The lowest BCUT2D eigenvalue weighted by molar-refractivity contribution is -0.147. The maximum atomic E-state index is 12.3. The zero-order chi connectivity index (χ0) is 18.5. The Kier molecular flexibility index (Phi) is 6.50. The van der Waals surface area contributed by atoms with Crippen molar-refractivity contribution in [3.8, 4) is 0 Å². The minimum atomic E-state index is -3.65. The monoisotopic (exact) mass is 356 g/mol. The van der Waals surface area contributed by atoms with Gasteiger partial charge in [0.05, 0.1) is 10.3 Å². The van der Waals surface area contributed by atoms with Crippen LogP contribution in [0.5, 0.6) is 0 Å². The van der Waals surface area contributed by atoms with Gasteiger partial charge < -0.3 is 10.4 Å². The minimum Gasteiger partial charge on any atom is -0.481 e. The summed E-state index contributed by atoms with van der Waals surface area (Å²) in [6.45, 7) is 6.97. The Balaban J connectivity index is 2.90. The lowest BCUT2D eigenvalue weighted by Gasteiger charge is -2.19. The van der Waals surface area contributed by atoms with Crippen LogP contribution >= 0.6 is 0 Å². The van der Waals surface area contributed by atoms with E-state index < -0.39 is 27.3 Å². The van der Waals surface area contributed by atoms with E-state index >= 15 is 0 Å². The maximum Gasteiger partial charge on any atom is 0.309 e. The maximum absolute atomic E-state index is 12.3. The SMILES string of the molecule is CCNS(=O)(=O)c1ccc(C)c(C(=O)NCCC(C)(C)C(=O)O)c1. The molecule has 8 heteroatoms. The first-order valence-corrected chi connectivity index (χ1v) is 9.11. The van der Waals surface area contributed by atoms with Crippen molar-refractivity contribution in [2.75, 3.05) is 13.1 Å². The van der Waals surface area contributed by atoms with Crippen molar-refractivity contribution in [2.24, 2.45) is 5.41 Å². The Morgan fingerprint density at radius 3 is 2.42 bits per heavy atom. The molecule has 0 atom stereocenters. The van der Waals surface area contributed by atoms with E-state index in [9.17, 15) is 18.0 Å². The van der Waals surface area contributed by atoms with Crippen LogP contribution in [0, 0.1) is 12.3 Å². The smallest absolute Gasteiger partial charge is 0.309 e. The molecule has 134 valence electrons. The second-order valence-corrected chi connectivity index (χ2v) is 7.94. The van der Waals surface area contributed by atoms with E-state index in [4.69, 9.17) is 5.11 Å². The summed E-state index contributed by atoms with van der Waals surface area (Å²) in [6.07, 6.45) is 0.266. The number of benzene rings is 1. The third-order valence-electron chi connectivity index (χ3n) is 3.71. The quantitative estimate of drug-likeness (QED) is 0.654. The molecule has 0 aliphatic rings. The summed E-state index contributed by atoms with van der Waals surface area (Å²) in [4.78, 5) is 23.4. The molecule has 0 aliphatic heterocycles. The van der Waals surface area contributed by atoms with Crippen molar-refractivity contribution in [1.82, 2.24) is 10.0 Å². The van der Waals surface area contributed by atoms with Crippen LogP contribution in [0.1, 0.15) is 43.1 Å². The lowest BCUT2D eigenvalue weighted by atomic mass is 9.89. The molecule has 24 heavy (non-hydrogen) atoms. The van der Waals surface area contributed by atoms with Gasteiger partial charge in [-0.3, -0.25) is 9.59 Å². The fourth-order valence-electron chi connectivity index (χ4n) is 1.98. The van der Waals surface area contributed by atoms with Gasteiger partial charge in [-0.2, -0.15) is 0 Å². The average molecular weight is 356 g/mol. The molecule has 0 fully saturated rings. The molecule has 0 saturated carbocycles. The number of hydrogen-bond donors (Lipinski definition) is 3. The molecule has 1 rings (SSSR count). The highest BCUT2D eigenvalue weighted by Crippen LogP contribution is 2.20. The first kappa shape index (κ1) is 20.1. The molecular weight excluding hydrogens is 332 g/mol. The first-order valence-electron chi connectivity index (χ1n) is 7.63. The van der Waals surface area contributed by atoms with Crippen molar-refractivity contribution < 1.29 is 23.1 Å². The zero-order valence-electron chi connectivity index (χ0n) is 14.3. The summed E-state index contributed by atoms with van der Waals surface area (Å²) in [5.74, 6) is -1.37. The Bertz CT molecular complexity index is 726. The number of hydrogen-bond acceptors (Lipinski definition) is 4. The number of aryl methyl sites for hydroxylation is 1. The Morgan fingerprint density at radius 2 is 1.88 bits per heavy atom. The van der Waals surface area contributed by atoms with Crippen molar-refractivity contribution in [2.45, 2.75) is 39.0 Å². The number of carboxylic acid groups (broad SMARTS) is 1. The molecular formula is C16H24N2O5S. The molecule has 0 aromatic heterocycles. The van der Waals surface area contributed by atoms with E-state index in [1.165, 1.54) is 12.1 Å². The Morgan fingerprint density at radius 1 is 1.25 bits per heavy atom. The number of nitrogens with one attached hydrogen (secondary N) is 2. The highest BCUT2D eigenvalue weighted by molar-refractivity contribution is 7.89. The van der Waals surface area contributed by atoms with Crippen molar-refractivity contribution in [3.05, 3.63) is 29.3 Å². The Hall–Kier alpha value is -1.93. The number of aliphatic carboxylic acids is 1. The molecule has 1 amide bonds. The normalized spacial score (nSPS) is 12.0. The molecule has 7 nitrogen and oxygen atoms in total. The summed E-state index contributed by atoms with van der Waals surface area (Å²) in [5.41, 5.74) is -0.0546. The summed E-state index contributed by atoms with van der Waals surface area (Å²) < 4.78 is 26.4. The van der Waals surface area contributed by atoms with Gasteiger partial charge in [0.1, 0.15) is 0 Å². The number of carbonyl (C=O) groups excluding carboxylic acids is 1. The summed E-state index contributed by atoms with van der Waals surface area (Å²) in [6, 6.07) is 4.34. The minimum absolute atomic E-state index is 0.0194. The van der Waals surface area contributed by atoms with Gasteiger partial charge in [-0.1, -0.05) is 13.0 Å². The second-order valence-electron chi connectivity index (χ2n) is 6.17. The van der Waals surface area contributed by atoms with E-state index in [-0.39, 0.29) is 30.0 Å². The van der Waals surface area contributed by atoms with E-state index in [0.29, 0.717) is 5.56 Å². The predicted octanol–water partition coefficient (Wildman–Crippen LogP) is 1.52. The fourth-order valence-corrected chi connectivity index (χ4v) is 3.04. The van der Waals surface area contributed by atoms with E-state index in [1.54, 1.807) is 33.8 Å². The van der Waals surface area contributed by atoms with Gasteiger partial charge in [-0.15, -0.1) is 0 Å². The largest absolute Gasteiger partial charge is 0.481 e. The van der Waals surface area contributed by atoms with E-state index in [0.717, 1.165) is 0 Å². The molecule has 0 radical (unpaired) electrons. The molecule has 0 saturated heterocycles. The van der Waals surface area contributed by atoms with Crippen LogP contribution in [0.3, 0.4) is 0 Å². The molecule has 0 aliphatic carbocycles. The molecule has 1 aromatic carbocycles. The first-order chi connectivity index (χ1) is 11.0. The van der Waals surface area contributed by atoms with Gasteiger partial charge in [0.25, 0.3) is 5.91 Å². The molecule has 0 bridgehead atoms. The zero-order valence-corrected chi connectivity index (χ0v) is 15.2. The number of rotatable bonds is 8. The highest BCUT2D eigenvalue weighted by atomic mass is 32.2. The van der Waals surface area contributed by atoms with Crippen LogP contribution in [0.2, 0.25) is 0 Å². The predicted molar refractivity (Wildman–Crippen MR) is 90.4 cm³/mol. The van der Waals surface area contributed by atoms with E-state index in [2.05, 4.69) is 10.0 Å². The number of carboxylic acids is 1. The van der Waals surface area contributed by atoms with Crippen LogP contribution in [-0.2, 0) is 14.8 Å². The van der Waals surface area contributed by atoms with Gasteiger partial charge in [0, 0.05) is 18.7 Å². The molecule has 1 aromatic rings. The van der Waals surface area contributed by atoms with Crippen LogP contribution in [0.25, 0.3) is 0 Å². The number of amides is 1. The number of carbonyl (C=O) groups is 2. The van der Waals surface area contributed by atoms with E-state index in [1.807, 2.05) is 0 Å². The second kappa shape index (κ2) is 7.76.